The van der Waals surface area contributed by atoms with E-state index in [1.807, 2.05) is 16.8 Å². The molecule has 1 aromatic heterocycles. The molecule has 1 nitrogen and oxygen atoms in total. The van der Waals surface area contributed by atoms with Gasteiger partial charge in [0.15, 0.2) is 0 Å². The number of halogens is 2. The second kappa shape index (κ2) is 4.64. The van der Waals surface area contributed by atoms with E-state index in [0.29, 0.717) is 17.3 Å². The first-order valence-corrected chi connectivity index (χ1v) is 5.78. The molecule has 4 heteroatoms. The zero-order chi connectivity index (χ0) is 10.7. The van der Waals surface area contributed by atoms with Gasteiger partial charge in [-0.15, -0.1) is 0 Å². The molecule has 0 saturated carbocycles. The van der Waals surface area contributed by atoms with Crippen LogP contribution in [0, 0.1) is 5.82 Å². The lowest BCUT2D eigenvalue weighted by molar-refractivity contribution is 0.630. The highest BCUT2D eigenvalue weighted by molar-refractivity contribution is 7.07. The zero-order valence-corrected chi connectivity index (χ0v) is 9.41. The lowest BCUT2D eigenvalue weighted by Crippen LogP contribution is -2.00. The maximum atomic E-state index is 13.3. The van der Waals surface area contributed by atoms with E-state index in [1.165, 1.54) is 6.07 Å². The van der Waals surface area contributed by atoms with Crippen molar-refractivity contribution >= 4 is 28.6 Å². The van der Waals surface area contributed by atoms with E-state index in [0.717, 1.165) is 5.56 Å². The van der Waals surface area contributed by atoms with Crippen LogP contribution in [0.3, 0.4) is 0 Å². The number of rotatable bonds is 3. The molecule has 0 saturated heterocycles. The summed E-state index contributed by atoms with van der Waals surface area (Å²) in [6.07, 6.45) is 0. The Hall–Kier alpha value is -1.06. The fourth-order valence-corrected chi connectivity index (χ4v) is 2.05. The number of anilines is 1. The Labute approximate surface area is 96.5 Å². The summed E-state index contributed by atoms with van der Waals surface area (Å²) in [6, 6.07) is 6.62. The van der Waals surface area contributed by atoms with Crippen LogP contribution >= 0.6 is 22.9 Å². The fourth-order valence-electron chi connectivity index (χ4n) is 1.22. The molecule has 0 radical (unpaired) electrons. The third-order valence-electron chi connectivity index (χ3n) is 1.99. The van der Waals surface area contributed by atoms with Gasteiger partial charge in [-0.1, -0.05) is 11.6 Å². The van der Waals surface area contributed by atoms with Crippen molar-refractivity contribution < 1.29 is 4.39 Å². The van der Waals surface area contributed by atoms with Gasteiger partial charge < -0.3 is 5.32 Å². The van der Waals surface area contributed by atoms with Gasteiger partial charge in [0.2, 0.25) is 0 Å². The van der Waals surface area contributed by atoms with Crippen LogP contribution in [0.2, 0.25) is 5.02 Å². The van der Waals surface area contributed by atoms with Gasteiger partial charge in [0.05, 0.1) is 5.69 Å². The number of nitrogens with one attached hydrogen (secondary N) is 1. The van der Waals surface area contributed by atoms with E-state index < -0.39 is 0 Å². The second-order valence-corrected chi connectivity index (χ2v) is 4.33. The van der Waals surface area contributed by atoms with Crippen LogP contribution in [0.5, 0.6) is 0 Å². The molecule has 1 aromatic carbocycles. The Balaban J connectivity index is 2.05. The minimum Gasteiger partial charge on any atom is -0.379 e. The van der Waals surface area contributed by atoms with Crippen LogP contribution in [0.4, 0.5) is 10.1 Å². The first kappa shape index (κ1) is 10.5. The molecule has 0 aliphatic carbocycles. The monoisotopic (exact) mass is 241 g/mol. The van der Waals surface area contributed by atoms with E-state index in [-0.39, 0.29) is 5.82 Å². The van der Waals surface area contributed by atoms with E-state index in [4.69, 9.17) is 11.6 Å². The van der Waals surface area contributed by atoms with E-state index >= 15 is 0 Å². The molecular weight excluding hydrogens is 233 g/mol. The van der Waals surface area contributed by atoms with Gasteiger partial charge in [-0.2, -0.15) is 11.3 Å². The van der Waals surface area contributed by atoms with Crippen molar-refractivity contribution in [3.05, 3.63) is 51.4 Å². The molecule has 0 atom stereocenters. The highest BCUT2D eigenvalue weighted by Crippen LogP contribution is 2.19. The third-order valence-corrected chi connectivity index (χ3v) is 2.96. The van der Waals surface area contributed by atoms with Gasteiger partial charge in [-0.05, 0) is 40.6 Å². The molecule has 1 heterocycles. The Kier molecular flexibility index (Phi) is 3.23. The number of hydrogen-bond acceptors (Lipinski definition) is 2. The largest absolute Gasteiger partial charge is 0.379 e. The molecule has 0 aliphatic rings. The van der Waals surface area contributed by atoms with E-state index in [2.05, 4.69) is 5.32 Å². The van der Waals surface area contributed by atoms with Gasteiger partial charge in [0.1, 0.15) is 5.82 Å². The molecule has 2 aromatic rings. The lowest BCUT2D eigenvalue weighted by atomic mass is 10.3. The standard InChI is InChI=1S/C11H9ClFNS/c12-9-1-2-11(10(13)5-9)14-6-8-3-4-15-7-8/h1-5,7,14H,6H2. The van der Waals surface area contributed by atoms with Crippen molar-refractivity contribution in [1.82, 2.24) is 0 Å². The van der Waals surface area contributed by atoms with E-state index in [9.17, 15) is 4.39 Å². The van der Waals surface area contributed by atoms with Gasteiger partial charge in [-0.25, -0.2) is 4.39 Å². The van der Waals surface area contributed by atoms with Gasteiger partial charge in [0, 0.05) is 11.6 Å². The molecule has 2 rings (SSSR count). The quantitative estimate of drug-likeness (QED) is 0.851. The third kappa shape index (κ3) is 2.70. The van der Waals surface area contributed by atoms with Gasteiger partial charge >= 0.3 is 0 Å². The first-order valence-electron chi connectivity index (χ1n) is 4.46. The lowest BCUT2D eigenvalue weighted by Gasteiger charge is -2.06. The summed E-state index contributed by atoms with van der Waals surface area (Å²) in [6.45, 7) is 0.627. The average Bonchev–Trinajstić information content (AvgIpc) is 2.69. The molecule has 0 unspecified atom stereocenters. The van der Waals surface area contributed by atoms with Gasteiger partial charge in [-0.3, -0.25) is 0 Å². The topological polar surface area (TPSA) is 12.0 Å². The van der Waals surface area contributed by atoms with Crippen molar-refractivity contribution in [2.75, 3.05) is 5.32 Å². The van der Waals surface area contributed by atoms with Crippen LogP contribution in [-0.2, 0) is 6.54 Å². The summed E-state index contributed by atoms with van der Waals surface area (Å²) < 4.78 is 13.3. The van der Waals surface area contributed by atoms with Crippen molar-refractivity contribution in [3.8, 4) is 0 Å². The molecule has 0 fully saturated rings. The molecule has 0 spiro atoms. The van der Waals surface area contributed by atoms with Crippen LogP contribution in [0.15, 0.2) is 35.0 Å². The minimum atomic E-state index is -0.322. The van der Waals surface area contributed by atoms with Crippen molar-refractivity contribution in [3.63, 3.8) is 0 Å². The molecule has 0 bridgehead atoms. The Morgan fingerprint density at radius 1 is 1.33 bits per heavy atom. The molecule has 1 N–H and O–H groups in total. The van der Waals surface area contributed by atoms with Crippen LogP contribution in [-0.4, -0.2) is 0 Å². The zero-order valence-electron chi connectivity index (χ0n) is 7.84. The molecular formula is C11H9ClFNS. The van der Waals surface area contributed by atoms with Gasteiger partial charge in [0.25, 0.3) is 0 Å². The summed E-state index contributed by atoms with van der Waals surface area (Å²) in [5, 5.41) is 7.45. The predicted octanol–water partition coefficient (Wildman–Crippen LogP) is 4.15. The van der Waals surface area contributed by atoms with Crippen LogP contribution in [0.1, 0.15) is 5.56 Å². The molecule has 0 aliphatic heterocycles. The Morgan fingerprint density at radius 3 is 2.87 bits per heavy atom. The first-order chi connectivity index (χ1) is 7.25. The SMILES string of the molecule is Fc1cc(Cl)ccc1NCc1ccsc1. The normalized spacial score (nSPS) is 10.3. The molecule has 0 amide bonds. The highest BCUT2D eigenvalue weighted by atomic mass is 35.5. The van der Waals surface area contributed by atoms with Crippen molar-refractivity contribution in [2.45, 2.75) is 6.54 Å². The van der Waals surface area contributed by atoms with E-state index in [1.54, 1.807) is 23.5 Å². The van der Waals surface area contributed by atoms with Crippen LogP contribution < -0.4 is 5.32 Å². The summed E-state index contributed by atoms with van der Waals surface area (Å²) >= 11 is 7.28. The maximum Gasteiger partial charge on any atom is 0.147 e. The smallest absolute Gasteiger partial charge is 0.147 e. The fraction of sp³-hybridized carbons (Fsp3) is 0.0909. The molecule has 78 valence electrons. The predicted molar refractivity (Wildman–Crippen MR) is 63.1 cm³/mol. The second-order valence-electron chi connectivity index (χ2n) is 3.11. The summed E-state index contributed by atoms with van der Waals surface area (Å²) in [5.41, 5.74) is 1.62. The van der Waals surface area contributed by atoms with Crippen molar-refractivity contribution in [2.24, 2.45) is 0 Å². The maximum absolute atomic E-state index is 13.3. The van der Waals surface area contributed by atoms with Crippen LogP contribution in [0.25, 0.3) is 0 Å². The highest BCUT2D eigenvalue weighted by Gasteiger charge is 2.02. The summed E-state index contributed by atoms with van der Waals surface area (Å²) in [5.74, 6) is -0.322. The number of thiophene rings is 1. The minimum absolute atomic E-state index is 0.322. The Bertz CT molecular complexity index is 442. The summed E-state index contributed by atoms with van der Waals surface area (Å²) in [7, 11) is 0. The van der Waals surface area contributed by atoms with Crippen molar-refractivity contribution in [1.29, 1.82) is 0 Å². The number of hydrogen-bond donors (Lipinski definition) is 1. The number of benzene rings is 1. The Morgan fingerprint density at radius 2 is 2.20 bits per heavy atom. The summed E-state index contributed by atoms with van der Waals surface area (Å²) in [4.78, 5) is 0. The average molecular weight is 242 g/mol. The molecule has 15 heavy (non-hydrogen) atoms.